The lowest BCUT2D eigenvalue weighted by Gasteiger charge is -2.19. The van der Waals surface area contributed by atoms with E-state index in [9.17, 15) is 5.11 Å². The summed E-state index contributed by atoms with van der Waals surface area (Å²) < 4.78 is 1.88. The van der Waals surface area contributed by atoms with Gasteiger partial charge in [0.1, 0.15) is 6.23 Å². The number of amides is 1. The third kappa shape index (κ3) is 5.56. The van der Waals surface area contributed by atoms with E-state index >= 15 is 0 Å². The maximum Gasteiger partial charge on any atom is 0.206 e. The summed E-state index contributed by atoms with van der Waals surface area (Å²) in [4.78, 5) is 12.3. The SMILES string of the molecule is CNC=O.Cc1ccccc1CC(C)NC(O)c1cc2sc(Cl)c(C)c2[nH]1. The molecule has 0 saturated heterocycles. The Hall–Kier alpha value is -1.86. The second kappa shape index (κ2) is 9.90. The number of nitrogens with one attached hydrogen (secondary N) is 3. The van der Waals surface area contributed by atoms with Crippen LogP contribution in [0.5, 0.6) is 0 Å². The van der Waals surface area contributed by atoms with E-state index in [2.05, 4.69) is 47.7 Å². The van der Waals surface area contributed by atoms with Crippen LogP contribution in [0.15, 0.2) is 30.3 Å². The highest BCUT2D eigenvalue weighted by molar-refractivity contribution is 7.22. The van der Waals surface area contributed by atoms with Crippen molar-refractivity contribution in [1.82, 2.24) is 15.6 Å². The fourth-order valence-corrected chi connectivity index (χ4v) is 4.10. The van der Waals surface area contributed by atoms with Crippen molar-refractivity contribution in [3.8, 4) is 0 Å². The molecule has 5 nitrogen and oxygen atoms in total. The lowest BCUT2D eigenvalue weighted by Crippen LogP contribution is -2.32. The van der Waals surface area contributed by atoms with Crippen LogP contribution < -0.4 is 10.6 Å². The fraction of sp³-hybridized carbons (Fsp3) is 0.350. The molecule has 0 aliphatic rings. The molecule has 0 aliphatic heterocycles. The van der Waals surface area contributed by atoms with Crippen LogP contribution in [0.1, 0.15) is 35.5 Å². The van der Waals surface area contributed by atoms with Gasteiger partial charge in [0.05, 0.1) is 20.2 Å². The first-order valence-electron chi connectivity index (χ1n) is 8.74. The second-order valence-electron chi connectivity index (χ2n) is 6.47. The van der Waals surface area contributed by atoms with Gasteiger partial charge in [-0.25, -0.2) is 0 Å². The van der Waals surface area contributed by atoms with Gasteiger partial charge in [-0.05, 0) is 44.4 Å². The summed E-state index contributed by atoms with van der Waals surface area (Å²) >= 11 is 7.67. The van der Waals surface area contributed by atoms with Crippen LogP contribution in [-0.4, -0.2) is 29.6 Å². The minimum absolute atomic E-state index is 0.164. The molecule has 0 bridgehead atoms. The third-order valence-corrected chi connectivity index (χ3v) is 5.86. The molecule has 1 aromatic carbocycles. The molecule has 0 fully saturated rings. The number of halogens is 1. The number of carbonyl (C=O) groups excluding carboxylic acids is 1. The van der Waals surface area contributed by atoms with Crippen LogP contribution in [0.3, 0.4) is 0 Å². The van der Waals surface area contributed by atoms with E-state index in [0.29, 0.717) is 6.41 Å². The summed E-state index contributed by atoms with van der Waals surface area (Å²) in [5, 5.41) is 15.9. The van der Waals surface area contributed by atoms with Gasteiger partial charge in [0.25, 0.3) is 0 Å². The van der Waals surface area contributed by atoms with E-state index in [0.717, 1.165) is 32.2 Å². The molecule has 7 heteroatoms. The highest BCUT2D eigenvalue weighted by Gasteiger charge is 2.17. The van der Waals surface area contributed by atoms with E-state index in [1.807, 2.05) is 19.1 Å². The Morgan fingerprint density at radius 3 is 2.59 bits per heavy atom. The zero-order valence-corrected chi connectivity index (χ0v) is 17.5. The Morgan fingerprint density at radius 2 is 2.00 bits per heavy atom. The molecule has 4 N–H and O–H groups in total. The number of fused-ring (bicyclic) bond motifs is 1. The average Bonchev–Trinajstić information content (AvgIpc) is 3.17. The average molecular weight is 408 g/mol. The lowest BCUT2D eigenvalue weighted by molar-refractivity contribution is -0.109. The van der Waals surface area contributed by atoms with Crippen molar-refractivity contribution >= 4 is 39.6 Å². The topological polar surface area (TPSA) is 77.2 Å². The van der Waals surface area contributed by atoms with E-state index in [1.54, 1.807) is 7.05 Å². The van der Waals surface area contributed by atoms with E-state index in [1.165, 1.54) is 22.5 Å². The van der Waals surface area contributed by atoms with Crippen molar-refractivity contribution in [3.05, 3.63) is 57.1 Å². The number of aryl methyl sites for hydroxylation is 2. The smallest absolute Gasteiger partial charge is 0.206 e. The van der Waals surface area contributed by atoms with Gasteiger partial charge in [-0.15, -0.1) is 11.3 Å². The van der Waals surface area contributed by atoms with Crippen LogP contribution in [0.25, 0.3) is 10.2 Å². The van der Waals surface area contributed by atoms with Gasteiger partial charge in [-0.1, -0.05) is 35.9 Å². The number of hydrogen-bond donors (Lipinski definition) is 4. The predicted octanol–water partition coefficient (Wildman–Crippen LogP) is 4.07. The molecule has 1 amide bonds. The summed E-state index contributed by atoms with van der Waals surface area (Å²) in [6.45, 7) is 6.19. The number of benzene rings is 1. The number of thiophene rings is 1. The van der Waals surface area contributed by atoms with Gasteiger partial charge in [-0.2, -0.15) is 0 Å². The highest BCUT2D eigenvalue weighted by Crippen LogP contribution is 2.35. The lowest BCUT2D eigenvalue weighted by atomic mass is 10.0. The summed E-state index contributed by atoms with van der Waals surface area (Å²) in [6, 6.07) is 10.5. The number of aliphatic hydroxyl groups excluding tert-OH is 1. The molecule has 2 aromatic heterocycles. The summed E-state index contributed by atoms with van der Waals surface area (Å²) in [5.74, 6) is 0. The standard InChI is InChI=1S/C18H21ClN2OS.C2H5NO/c1-10-6-4-5-7-13(10)8-11(2)20-18(22)14-9-15-16(21-14)12(3)17(19)23-15;1-3-2-4/h4-7,9,11,18,20-22H,8H2,1-3H3;2H,1H3,(H,3,4). The van der Waals surface area contributed by atoms with Gasteiger partial charge in [0, 0.05) is 18.7 Å². The van der Waals surface area contributed by atoms with E-state index in [4.69, 9.17) is 16.4 Å². The number of aromatic nitrogens is 1. The number of hydrogen-bond acceptors (Lipinski definition) is 4. The molecule has 0 aliphatic carbocycles. The zero-order valence-electron chi connectivity index (χ0n) is 16.0. The van der Waals surface area contributed by atoms with Gasteiger partial charge in [-0.3, -0.25) is 10.1 Å². The number of aromatic amines is 1. The second-order valence-corrected chi connectivity index (χ2v) is 8.13. The molecule has 3 rings (SSSR count). The first-order chi connectivity index (χ1) is 12.9. The first kappa shape index (κ1) is 21.4. The Balaban J connectivity index is 0.000000596. The molecule has 2 heterocycles. The minimum atomic E-state index is -0.716. The summed E-state index contributed by atoms with van der Waals surface area (Å²) in [5.41, 5.74) is 5.42. The molecule has 0 saturated carbocycles. The molecular formula is C20H26ClN3O2S. The largest absolute Gasteiger partial charge is 0.373 e. The van der Waals surface area contributed by atoms with Crippen LogP contribution >= 0.6 is 22.9 Å². The summed E-state index contributed by atoms with van der Waals surface area (Å²) in [6.07, 6.45) is 0.788. The number of aliphatic hydroxyl groups is 1. The number of H-pyrrole nitrogens is 1. The van der Waals surface area contributed by atoms with Crippen LogP contribution in [-0.2, 0) is 11.2 Å². The highest BCUT2D eigenvalue weighted by atomic mass is 35.5. The predicted molar refractivity (Wildman–Crippen MR) is 113 cm³/mol. The minimum Gasteiger partial charge on any atom is -0.373 e. The Morgan fingerprint density at radius 1 is 1.33 bits per heavy atom. The van der Waals surface area contributed by atoms with Crippen molar-refractivity contribution in [2.45, 2.75) is 39.5 Å². The molecule has 146 valence electrons. The summed E-state index contributed by atoms with van der Waals surface area (Å²) in [7, 11) is 1.56. The van der Waals surface area contributed by atoms with Gasteiger partial charge in [0.15, 0.2) is 0 Å². The van der Waals surface area contributed by atoms with Crippen molar-refractivity contribution in [2.75, 3.05) is 7.05 Å². The van der Waals surface area contributed by atoms with Crippen LogP contribution in [0.2, 0.25) is 4.34 Å². The molecule has 2 unspecified atom stereocenters. The molecule has 0 radical (unpaired) electrons. The van der Waals surface area contributed by atoms with Crippen LogP contribution in [0, 0.1) is 13.8 Å². The van der Waals surface area contributed by atoms with Gasteiger partial charge < -0.3 is 15.4 Å². The Bertz CT molecular complexity index is 891. The number of carbonyl (C=O) groups is 1. The maximum atomic E-state index is 10.4. The first-order valence-corrected chi connectivity index (χ1v) is 9.93. The Labute approximate surface area is 168 Å². The molecule has 27 heavy (non-hydrogen) atoms. The maximum absolute atomic E-state index is 10.4. The van der Waals surface area contributed by atoms with Crippen molar-refractivity contribution in [3.63, 3.8) is 0 Å². The normalized spacial score (nSPS) is 13.0. The zero-order chi connectivity index (χ0) is 20.0. The van der Waals surface area contributed by atoms with Crippen molar-refractivity contribution in [1.29, 1.82) is 0 Å². The quantitative estimate of drug-likeness (QED) is 0.367. The number of rotatable bonds is 6. The van der Waals surface area contributed by atoms with Crippen LogP contribution in [0.4, 0.5) is 0 Å². The van der Waals surface area contributed by atoms with Crippen molar-refractivity contribution < 1.29 is 9.90 Å². The Kier molecular flexibility index (Phi) is 7.86. The van der Waals surface area contributed by atoms with Gasteiger partial charge >= 0.3 is 0 Å². The van der Waals surface area contributed by atoms with E-state index in [-0.39, 0.29) is 6.04 Å². The third-order valence-electron chi connectivity index (χ3n) is 4.31. The van der Waals surface area contributed by atoms with E-state index < -0.39 is 6.23 Å². The molecule has 0 spiro atoms. The van der Waals surface area contributed by atoms with Crippen molar-refractivity contribution in [2.24, 2.45) is 0 Å². The monoisotopic (exact) mass is 407 g/mol. The van der Waals surface area contributed by atoms with Gasteiger partial charge in [0.2, 0.25) is 6.41 Å². The molecule has 2 atom stereocenters. The molecule has 3 aromatic rings. The molecular weight excluding hydrogens is 382 g/mol. The fourth-order valence-electron chi connectivity index (χ4n) is 2.82.